The molecule has 0 N–H and O–H groups in total. The Morgan fingerprint density at radius 1 is 0.205 bits per heavy atom. The zero-order valence-corrected chi connectivity index (χ0v) is 49.5. The number of hydrogen-bond acceptors (Lipinski definition) is 4. The largest absolute Gasteiger partial charge is 0.310 e. The predicted molar refractivity (Wildman–Crippen MR) is 374 cm³/mol. The Morgan fingerprint density at radius 2 is 0.489 bits per heavy atom. The first-order valence-electron chi connectivity index (χ1n) is 30.3. The van der Waals surface area contributed by atoms with Crippen molar-refractivity contribution in [2.24, 2.45) is 0 Å². The third kappa shape index (κ3) is 7.40. The van der Waals surface area contributed by atoms with E-state index in [0.29, 0.717) is 0 Å². The van der Waals surface area contributed by atoms with Gasteiger partial charge in [-0.05, 0) is 152 Å². The zero-order chi connectivity index (χ0) is 57.9. The molecule has 2 heterocycles. The predicted octanol–water partition coefficient (Wildman–Crippen LogP) is 23.2. The van der Waals surface area contributed by atoms with Crippen molar-refractivity contribution in [2.45, 2.75) is 10.8 Å². The quantitative estimate of drug-likeness (QED) is 0.135. The minimum absolute atomic E-state index is 0.511. The molecule has 14 aromatic carbocycles. The molecule has 2 aliphatic rings. The Morgan fingerprint density at radius 3 is 0.852 bits per heavy atom. The summed E-state index contributed by atoms with van der Waals surface area (Å²) in [4.78, 5) is 4.89. The Bertz CT molecular complexity index is 4980. The van der Waals surface area contributed by atoms with E-state index in [4.69, 9.17) is 0 Å². The molecule has 412 valence electrons. The monoisotopic (exact) mass is 1150 g/mol. The molecular weight excluding hydrogens is 1100 g/mol. The van der Waals surface area contributed by atoms with Gasteiger partial charge in [0.15, 0.2) is 0 Å². The average Bonchev–Trinajstić information content (AvgIpc) is 1.57. The Balaban J connectivity index is 0.751. The maximum atomic E-state index is 2.44. The fourth-order valence-electron chi connectivity index (χ4n) is 15.4. The van der Waals surface area contributed by atoms with E-state index in [9.17, 15) is 0 Å². The van der Waals surface area contributed by atoms with Crippen LogP contribution in [0, 0.1) is 0 Å². The highest BCUT2D eigenvalue weighted by Crippen LogP contribution is 2.59. The van der Waals surface area contributed by atoms with Crippen molar-refractivity contribution >= 4 is 108 Å². The summed E-state index contributed by atoms with van der Waals surface area (Å²) in [6, 6.07) is 122. The third-order valence-corrected chi connectivity index (χ3v) is 21.4. The first-order chi connectivity index (χ1) is 43.6. The lowest BCUT2D eigenvalue weighted by atomic mass is 9.67. The summed E-state index contributed by atoms with van der Waals surface area (Å²) < 4.78 is 5.18. The third-order valence-electron chi connectivity index (χ3n) is 19.0. The van der Waals surface area contributed by atoms with Crippen molar-refractivity contribution < 1.29 is 0 Å². The highest BCUT2D eigenvalue weighted by Gasteiger charge is 2.47. The molecule has 4 heteroatoms. The average molecular weight is 1160 g/mol. The maximum absolute atomic E-state index is 2.44. The van der Waals surface area contributed by atoms with Gasteiger partial charge in [-0.2, -0.15) is 0 Å². The highest BCUT2D eigenvalue weighted by atomic mass is 32.1. The molecule has 0 saturated carbocycles. The molecule has 0 unspecified atom stereocenters. The van der Waals surface area contributed by atoms with E-state index in [0.717, 1.165) is 34.1 Å². The molecule has 0 atom stereocenters. The van der Waals surface area contributed by atoms with Crippen LogP contribution in [0.1, 0.15) is 44.5 Å². The summed E-state index contributed by atoms with van der Waals surface area (Å²) in [6.45, 7) is 0. The molecule has 0 bridgehead atoms. The van der Waals surface area contributed by atoms with E-state index >= 15 is 0 Å². The number of hydrogen-bond donors (Lipinski definition) is 0. The summed E-state index contributed by atoms with van der Waals surface area (Å²) in [6.07, 6.45) is 0. The lowest BCUT2D eigenvalue weighted by molar-refractivity contribution is 0.768. The van der Waals surface area contributed by atoms with Crippen LogP contribution in [0.15, 0.2) is 328 Å². The van der Waals surface area contributed by atoms with E-state index in [-0.39, 0.29) is 0 Å². The number of fused-ring (bicyclic) bond motifs is 15. The topological polar surface area (TPSA) is 6.48 Å². The van der Waals surface area contributed by atoms with Crippen LogP contribution in [0.2, 0.25) is 0 Å². The molecule has 16 aromatic rings. The SMILES string of the molecule is c1ccc(N(c2cccc(C3(c4ccccc4)c4ccccc4-c4ccccc43)c2)c2ccc3sc4c(ccc5c4ccc4c6cc(N(c7ccccc7)c7cccc(C8(c9ccccc9)c9ccccc9-c9ccccc98)c7)ccc6sc45)c3c2)cc1. The first-order valence-corrected chi connectivity index (χ1v) is 31.9. The highest BCUT2D eigenvalue weighted by molar-refractivity contribution is 7.28. The van der Waals surface area contributed by atoms with Crippen molar-refractivity contribution in [1.29, 1.82) is 0 Å². The van der Waals surface area contributed by atoms with Crippen LogP contribution in [0.25, 0.3) is 73.4 Å². The van der Waals surface area contributed by atoms with Gasteiger partial charge in [0.1, 0.15) is 0 Å². The van der Waals surface area contributed by atoms with E-state index in [1.807, 2.05) is 22.7 Å². The number of nitrogens with zero attached hydrogens (tertiary/aromatic N) is 2. The summed E-state index contributed by atoms with van der Waals surface area (Å²) >= 11 is 3.81. The van der Waals surface area contributed by atoms with E-state index in [2.05, 4.69) is 337 Å². The zero-order valence-electron chi connectivity index (χ0n) is 47.9. The molecule has 0 saturated heterocycles. The number of thiophene rings is 2. The van der Waals surface area contributed by atoms with Gasteiger partial charge in [0, 0.05) is 85.2 Å². The second-order valence-corrected chi connectivity index (χ2v) is 25.5. The van der Waals surface area contributed by atoms with Crippen molar-refractivity contribution in [2.75, 3.05) is 9.80 Å². The van der Waals surface area contributed by atoms with Crippen LogP contribution >= 0.6 is 22.7 Å². The van der Waals surface area contributed by atoms with Crippen molar-refractivity contribution in [3.8, 4) is 22.3 Å². The normalized spacial score (nSPS) is 13.4. The number of rotatable bonds is 10. The molecule has 0 spiro atoms. The van der Waals surface area contributed by atoms with Crippen LogP contribution in [0.5, 0.6) is 0 Å². The number of para-hydroxylation sites is 2. The standard InChI is InChI=1S/C84H54N2S2/c1-5-23-55(24-6-1)83(75-39-17-13-35-65(75)66-36-14-18-40-76(66)83)57-27-21-33-61(51-57)85(59-29-9-3-10-30-59)63-43-49-79-73(53-63)71-47-45-70-69(81(71)87-79)46-48-72-74-54-64(44-50-80(74)88-82(70)72)86(60-31-11-4-12-32-60)62-34-22-28-58(52-62)84(56-25-7-2-8-26-56)77-41-19-15-37-67(77)68-38-16-20-42-78(68)84/h1-54H. The summed E-state index contributed by atoms with van der Waals surface area (Å²) in [7, 11) is 0. The van der Waals surface area contributed by atoms with Gasteiger partial charge in [-0.3, -0.25) is 0 Å². The molecule has 0 amide bonds. The molecule has 0 radical (unpaired) electrons. The summed E-state index contributed by atoms with van der Waals surface area (Å²) in [5, 5.41) is 7.67. The van der Waals surface area contributed by atoms with Crippen LogP contribution < -0.4 is 9.80 Å². The molecule has 18 rings (SSSR count). The van der Waals surface area contributed by atoms with Crippen molar-refractivity contribution in [3.05, 3.63) is 372 Å². The molecule has 0 aliphatic heterocycles. The minimum Gasteiger partial charge on any atom is -0.310 e. The Labute approximate surface area is 519 Å². The van der Waals surface area contributed by atoms with Crippen LogP contribution in [0.4, 0.5) is 34.1 Å². The van der Waals surface area contributed by atoms with Gasteiger partial charge in [-0.25, -0.2) is 0 Å². The van der Waals surface area contributed by atoms with E-state index in [1.54, 1.807) is 0 Å². The van der Waals surface area contributed by atoms with Gasteiger partial charge in [0.25, 0.3) is 0 Å². The molecule has 0 fully saturated rings. The van der Waals surface area contributed by atoms with Crippen LogP contribution in [-0.2, 0) is 10.8 Å². The fourth-order valence-corrected chi connectivity index (χ4v) is 17.8. The van der Waals surface area contributed by atoms with E-state index in [1.165, 1.54) is 118 Å². The molecule has 2 aliphatic carbocycles. The lowest BCUT2D eigenvalue weighted by Gasteiger charge is -2.35. The lowest BCUT2D eigenvalue weighted by Crippen LogP contribution is -2.28. The first kappa shape index (κ1) is 50.7. The minimum atomic E-state index is -0.511. The van der Waals surface area contributed by atoms with Crippen LogP contribution in [-0.4, -0.2) is 0 Å². The van der Waals surface area contributed by atoms with Crippen molar-refractivity contribution in [3.63, 3.8) is 0 Å². The fraction of sp³-hybridized carbons (Fsp3) is 0.0238. The number of benzene rings is 14. The molecular formula is C84H54N2S2. The van der Waals surface area contributed by atoms with E-state index < -0.39 is 10.8 Å². The van der Waals surface area contributed by atoms with Gasteiger partial charge in [-0.15, -0.1) is 22.7 Å². The summed E-state index contributed by atoms with van der Waals surface area (Å²) in [5.74, 6) is 0. The number of anilines is 6. The molecule has 2 aromatic heterocycles. The van der Waals surface area contributed by atoms with Crippen molar-refractivity contribution in [1.82, 2.24) is 0 Å². The van der Waals surface area contributed by atoms with Gasteiger partial charge >= 0.3 is 0 Å². The van der Waals surface area contributed by atoms with Gasteiger partial charge < -0.3 is 9.80 Å². The Hall–Kier alpha value is -10.6. The van der Waals surface area contributed by atoms with Gasteiger partial charge in [0.2, 0.25) is 0 Å². The second-order valence-electron chi connectivity index (χ2n) is 23.4. The Kier molecular flexibility index (Phi) is 11.5. The van der Waals surface area contributed by atoms with Gasteiger partial charge in [0.05, 0.1) is 10.8 Å². The smallest absolute Gasteiger partial charge is 0.0714 e. The second kappa shape index (κ2) is 20.0. The molecule has 88 heavy (non-hydrogen) atoms. The van der Waals surface area contributed by atoms with Crippen LogP contribution in [0.3, 0.4) is 0 Å². The van der Waals surface area contributed by atoms with Gasteiger partial charge in [-0.1, -0.05) is 243 Å². The molecule has 2 nitrogen and oxygen atoms in total. The summed E-state index contributed by atoms with van der Waals surface area (Å²) in [5.41, 5.74) is 21.0. The maximum Gasteiger partial charge on any atom is 0.0714 e.